The SMILES string of the molecule is CCC1=Cc2cc(S(=O)(=O)O)ccc2S[N+]1=NN=[N+]1Sc2ccc(S(=O)(=O)O)cc2C=C1CC. The molecule has 0 saturated carbocycles. The van der Waals surface area contributed by atoms with E-state index in [1.165, 1.54) is 48.2 Å². The van der Waals surface area contributed by atoms with Crippen LogP contribution in [0.4, 0.5) is 0 Å². The lowest BCUT2D eigenvalue weighted by atomic mass is 10.1. The van der Waals surface area contributed by atoms with E-state index in [1.807, 2.05) is 13.8 Å². The number of allylic oxidation sites excluding steroid dienone is 2. The quantitative estimate of drug-likeness (QED) is 0.226. The van der Waals surface area contributed by atoms with Gasteiger partial charge in [0.25, 0.3) is 20.2 Å². The minimum Gasteiger partial charge on any atom is -0.282 e. The summed E-state index contributed by atoms with van der Waals surface area (Å²) in [5.74, 6) is 0. The Morgan fingerprint density at radius 3 is 1.44 bits per heavy atom. The van der Waals surface area contributed by atoms with Crippen LogP contribution in [0.5, 0.6) is 0 Å². The average molecular weight is 541 g/mol. The van der Waals surface area contributed by atoms with E-state index in [-0.39, 0.29) is 9.79 Å². The predicted molar refractivity (Wildman–Crippen MR) is 126 cm³/mol. The van der Waals surface area contributed by atoms with Gasteiger partial charge in [0, 0.05) is 21.0 Å². The Labute approximate surface area is 205 Å². The molecule has 2 aromatic carbocycles. The van der Waals surface area contributed by atoms with E-state index in [1.54, 1.807) is 32.5 Å². The van der Waals surface area contributed by atoms with Gasteiger partial charge in [-0.15, -0.1) is 0 Å². The topological polar surface area (TPSA) is 139 Å². The Morgan fingerprint density at radius 1 is 0.735 bits per heavy atom. The highest BCUT2D eigenvalue weighted by Gasteiger charge is 2.30. The molecule has 0 amide bonds. The van der Waals surface area contributed by atoms with Gasteiger partial charge in [-0.1, -0.05) is 13.8 Å². The van der Waals surface area contributed by atoms with E-state index in [0.29, 0.717) is 24.0 Å². The van der Waals surface area contributed by atoms with Crippen LogP contribution in [-0.4, -0.2) is 34.1 Å². The van der Waals surface area contributed by atoms with Crippen molar-refractivity contribution >= 4 is 56.3 Å². The molecule has 0 bridgehead atoms. The van der Waals surface area contributed by atoms with Crippen molar-refractivity contribution in [3.63, 3.8) is 0 Å². The third-order valence-corrected chi connectivity index (χ3v) is 8.79. The number of fused-ring (bicyclic) bond motifs is 2. The van der Waals surface area contributed by atoms with Crippen LogP contribution in [0.2, 0.25) is 0 Å². The van der Waals surface area contributed by atoms with Crippen molar-refractivity contribution in [3.05, 3.63) is 58.9 Å². The summed E-state index contributed by atoms with van der Waals surface area (Å²) in [5, 5.41) is 8.74. The molecule has 34 heavy (non-hydrogen) atoms. The highest BCUT2D eigenvalue weighted by Crippen LogP contribution is 2.38. The second-order valence-electron chi connectivity index (χ2n) is 7.24. The van der Waals surface area contributed by atoms with E-state index in [9.17, 15) is 25.9 Å². The summed E-state index contributed by atoms with van der Waals surface area (Å²) in [4.78, 5) is 1.16. The fourth-order valence-electron chi connectivity index (χ4n) is 3.24. The molecule has 0 aromatic heterocycles. The Hall–Kier alpha value is -2.36. The zero-order valence-corrected chi connectivity index (χ0v) is 21.2. The van der Waals surface area contributed by atoms with Crippen LogP contribution in [-0.2, 0) is 20.2 Å². The van der Waals surface area contributed by atoms with Gasteiger partial charge < -0.3 is 0 Å². The van der Waals surface area contributed by atoms with Gasteiger partial charge in [0.05, 0.1) is 19.6 Å². The maximum atomic E-state index is 11.5. The van der Waals surface area contributed by atoms with Gasteiger partial charge in [-0.3, -0.25) is 9.11 Å². The maximum absolute atomic E-state index is 11.5. The Balaban J connectivity index is 1.69. The van der Waals surface area contributed by atoms with Crippen molar-refractivity contribution < 1.29 is 34.1 Å². The van der Waals surface area contributed by atoms with Crippen LogP contribution in [0.1, 0.15) is 37.8 Å². The third kappa shape index (κ3) is 5.16. The van der Waals surface area contributed by atoms with Crippen molar-refractivity contribution in [3.8, 4) is 0 Å². The number of nitrogens with zero attached hydrogens (tertiary/aromatic N) is 4. The Bertz CT molecular complexity index is 1410. The summed E-state index contributed by atoms with van der Waals surface area (Å²) < 4.78 is 67.7. The molecule has 2 aliphatic rings. The summed E-state index contributed by atoms with van der Waals surface area (Å²) in [6, 6.07) is 8.69. The van der Waals surface area contributed by atoms with Gasteiger partial charge in [-0.25, -0.2) is 0 Å². The minimum absolute atomic E-state index is 0.174. The van der Waals surface area contributed by atoms with Gasteiger partial charge >= 0.3 is 10.4 Å². The molecule has 0 spiro atoms. The van der Waals surface area contributed by atoms with E-state index in [4.69, 9.17) is 0 Å². The number of rotatable bonds is 5. The molecule has 2 heterocycles. The molecule has 0 fully saturated rings. The van der Waals surface area contributed by atoms with E-state index in [0.717, 1.165) is 21.2 Å². The summed E-state index contributed by atoms with van der Waals surface area (Å²) in [6.07, 6.45) is 4.80. The number of hydrogen-bond donors (Lipinski definition) is 2. The molecular weight excluding hydrogens is 521 g/mol. The predicted octanol–water partition coefficient (Wildman–Crippen LogP) is 5.27. The van der Waals surface area contributed by atoms with Crippen molar-refractivity contribution in [2.24, 2.45) is 10.4 Å². The van der Waals surface area contributed by atoms with E-state index < -0.39 is 20.2 Å². The Kier molecular flexibility index (Phi) is 6.81. The largest absolute Gasteiger partial charge is 0.402 e. The molecule has 2 aliphatic heterocycles. The van der Waals surface area contributed by atoms with Crippen LogP contribution < -0.4 is 0 Å². The lowest BCUT2D eigenvalue weighted by Crippen LogP contribution is -2.08. The van der Waals surface area contributed by atoms with E-state index >= 15 is 0 Å². The van der Waals surface area contributed by atoms with Gasteiger partial charge in [0.2, 0.25) is 0 Å². The molecule has 4 rings (SSSR count). The third-order valence-electron chi connectivity index (χ3n) is 4.99. The number of hydrogen-bond acceptors (Lipinski definition) is 6. The summed E-state index contributed by atoms with van der Waals surface area (Å²) in [5.41, 5.74) is 2.90. The highest BCUT2D eigenvalue weighted by atomic mass is 32.2. The first-order chi connectivity index (χ1) is 16.0. The zero-order valence-electron chi connectivity index (χ0n) is 18.0. The molecule has 10 nitrogen and oxygen atoms in total. The molecule has 14 heteroatoms. The van der Waals surface area contributed by atoms with Crippen molar-refractivity contribution in [2.45, 2.75) is 46.3 Å². The lowest BCUT2D eigenvalue weighted by Gasteiger charge is -2.11. The standard InChI is InChI=1S/C20H18N4O6S4/c1-3-15-9-13-11-17(33(25,26)27)5-7-19(13)31-23(15)21-22-24-16(4-2)10-14-12-18(34(28,29)30)6-8-20(14)32-24/h5-12H,3-4H2,1-2H3/p+2. The smallest absolute Gasteiger partial charge is 0.282 e. The lowest BCUT2D eigenvalue weighted by molar-refractivity contribution is -0.430. The normalized spacial score (nSPS) is 18.4. The monoisotopic (exact) mass is 540 g/mol. The summed E-state index contributed by atoms with van der Waals surface area (Å²) in [7, 11) is -8.60. The van der Waals surface area contributed by atoms with Crippen molar-refractivity contribution in [2.75, 3.05) is 0 Å². The van der Waals surface area contributed by atoms with Crippen LogP contribution in [0.25, 0.3) is 12.2 Å². The first-order valence-electron chi connectivity index (χ1n) is 10.0. The molecular formula is C20H20N4O6S4+2. The second-order valence-corrected chi connectivity index (χ2v) is 12.0. The molecule has 2 N–H and O–H groups in total. The van der Waals surface area contributed by atoms with Crippen LogP contribution >= 0.6 is 23.9 Å². The molecule has 0 aliphatic carbocycles. The van der Waals surface area contributed by atoms with Crippen LogP contribution in [0.15, 0.2) is 77.8 Å². The van der Waals surface area contributed by atoms with Gasteiger partial charge in [0.1, 0.15) is 0 Å². The minimum atomic E-state index is -4.30. The van der Waals surface area contributed by atoms with Gasteiger partial charge in [-0.05, 0) is 59.7 Å². The van der Waals surface area contributed by atoms with Gasteiger partial charge in [-0.2, -0.15) is 16.8 Å². The molecule has 0 saturated heterocycles. The summed E-state index contributed by atoms with van der Waals surface area (Å²) in [6.45, 7) is 3.87. The molecule has 178 valence electrons. The van der Waals surface area contributed by atoms with Crippen LogP contribution in [0.3, 0.4) is 0 Å². The van der Waals surface area contributed by atoms with Gasteiger partial charge in [0.15, 0.2) is 35.3 Å². The van der Waals surface area contributed by atoms with Crippen molar-refractivity contribution in [1.82, 2.24) is 0 Å². The number of benzene rings is 2. The van der Waals surface area contributed by atoms with E-state index in [2.05, 4.69) is 10.4 Å². The second kappa shape index (κ2) is 9.36. The zero-order chi connectivity index (χ0) is 24.7. The molecule has 0 unspecified atom stereocenters. The highest BCUT2D eigenvalue weighted by molar-refractivity contribution is 7.93. The maximum Gasteiger partial charge on any atom is 0.402 e. The molecule has 2 aromatic rings. The molecule has 0 radical (unpaired) electrons. The first-order valence-corrected chi connectivity index (χ1v) is 14.4. The van der Waals surface area contributed by atoms with Crippen molar-refractivity contribution in [1.29, 1.82) is 0 Å². The summed E-state index contributed by atoms with van der Waals surface area (Å²) >= 11 is 2.55. The fraction of sp³-hybridized carbons (Fsp3) is 0.200. The average Bonchev–Trinajstić information content (AvgIpc) is 2.79. The first kappa shape index (κ1) is 24.8. The Morgan fingerprint density at radius 2 is 1.12 bits per heavy atom. The molecule has 0 atom stereocenters. The fourth-order valence-corrected chi connectivity index (χ4v) is 6.08. The van der Waals surface area contributed by atoms with Crippen LogP contribution in [0, 0.1) is 0 Å².